The summed E-state index contributed by atoms with van der Waals surface area (Å²) in [6, 6.07) is 1.89. The van der Waals surface area contributed by atoms with Gasteiger partial charge in [0.05, 0.1) is 18.2 Å². The van der Waals surface area contributed by atoms with Gasteiger partial charge in [-0.3, -0.25) is 15.0 Å². The number of aryl methyl sites for hydroxylation is 1. The summed E-state index contributed by atoms with van der Waals surface area (Å²) in [7, 11) is 0. The molecular formula is C23H29N9O. The second-order valence-electron chi connectivity index (χ2n) is 9.39. The third-order valence-corrected chi connectivity index (χ3v) is 7.25. The van der Waals surface area contributed by atoms with Crippen molar-refractivity contribution < 1.29 is 4.79 Å². The molecule has 1 aliphatic heterocycles. The largest absolute Gasteiger partial charge is 0.331 e. The zero-order valence-corrected chi connectivity index (χ0v) is 18.7. The van der Waals surface area contributed by atoms with E-state index in [1.807, 2.05) is 0 Å². The van der Waals surface area contributed by atoms with E-state index in [1.165, 1.54) is 43.3 Å². The van der Waals surface area contributed by atoms with Crippen LogP contribution >= 0.6 is 0 Å². The van der Waals surface area contributed by atoms with Gasteiger partial charge in [0.1, 0.15) is 18.0 Å². The predicted molar refractivity (Wildman–Crippen MR) is 123 cm³/mol. The van der Waals surface area contributed by atoms with Gasteiger partial charge in [0.15, 0.2) is 11.6 Å². The molecule has 0 spiro atoms. The van der Waals surface area contributed by atoms with Crippen molar-refractivity contribution in [3.8, 4) is 0 Å². The lowest BCUT2D eigenvalue weighted by molar-refractivity contribution is -0.119. The Hall–Kier alpha value is -3.30. The van der Waals surface area contributed by atoms with Gasteiger partial charge >= 0.3 is 0 Å². The summed E-state index contributed by atoms with van der Waals surface area (Å²) in [6.45, 7) is 0.777. The van der Waals surface area contributed by atoms with Gasteiger partial charge in [-0.25, -0.2) is 9.97 Å². The lowest BCUT2D eigenvalue weighted by Gasteiger charge is -2.24. The molecule has 172 valence electrons. The van der Waals surface area contributed by atoms with Crippen LogP contribution in [0.1, 0.15) is 73.6 Å². The number of rotatable bonds is 7. The molecule has 2 fully saturated rings. The minimum absolute atomic E-state index is 0.122. The molecule has 1 atom stereocenters. The number of carbonyl (C=O) groups is 1. The quantitative estimate of drug-likeness (QED) is 0.504. The number of ketones is 1. The van der Waals surface area contributed by atoms with Gasteiger partial charge in [0, 0.05) is 29.8 Å². The second kappa shape index (κ2) is 8.57. The number of hydrogen-bond acceptors (Lipinski definition) is 8. The van der Waals surface area contributed by atoms with E-state index >= 15 is 0 Å². The summed E-state index contributed by atoms with van der Waals surface area (Å²) in [5.74, 6) is 3.57. The highest BCUT2D eigenvalue weighted by Gasteiger charge is 2.34. The average molecular weight is 448 g/mol. The fraction of sp³-hybridized carbons (Fsp3) is 0.565. The minimum atomic E-state index is -0.234. The van der Waals surface area contributed by atoms with E-state index in [0.29, 0.717) is 17.7 Å². The summed E-state index contributed by atoms with van der Waals surface area (Å²) in [5.41, 5.74) is 3.47. The van der Waals surface area contributed by atoms with E-state index in [-0.39, 0.29) is 18.2 Å². The summed E-state index contributed by atoms with van der Waals surface area (Å²) in [4.78, 5) is 29.0. The number of aromatic amines is 2. The molecule has 6 rings (SSSR count). The van der Waals surface area contributed by atoms with Crippen LogP contribution in [0.4, 0.5) is 17.6 Å². The standard InChI is InChI=1S/C23H29N9O/c33-19(12-20-24-13-25-30-20)18-9-4-10-32(18)23-26-16-8-3-7-15(16)22(28-23)27-21-11-17(29-31-21)14-5-1-2-6-14/h11,13-14,18H,1-10,12H2,(H,24,25,30)(H2,26,27,28,29,31). The number of nitrogens with zero attached hydrogens (tertiary/aromatic N) is 6. The first-order chi connectivity index (χ1) is 16.2. The van der Waals surface area contributed by atoms with Crippen LogP contribution in [0, 0.1) is 0 Å². The second-order valence-corrected chi connectivity index (χ2v) is 9.39. The lowest BCUT2D eigenvalue weighted by atomic mass is 10.0. The summed E-state index contributed by atoms with van der Waals surface area (Å²) >= 11 is 0. The van der Waals surface area contributed by atoms with Gasteiger partial charge in [0.2, 0.25) is 5.95 Å². The van der Waals surface area contributed by atoms with E-state index in [2.05, 4.69) is 41.7 Å². The van der Waals surface area contributed by atoms with Crippen molar-refractivity contribution in [1.29, 1.82) is 0 Å². The van der Waals surface area contributed by atoms with E-state index in [9.17, 15) is 4.79 Å². The molecule has 1 saturated carbocycles. The van der Waals surface area contributed by atoms with Crippen LogP contribution in [-0.2, 0) is 24.1 Å². The van der Waals surface area contributed by atoms with Crippen LogP contribution in [-0.4, -0.2) is 53.7 Å². The zero-order chi connectivity index (χ0) is 22.2. The van der Waals surface area contributed by atoms with Gasteiger partial charge in [0.25, 0.3) is 0 Å². The van der Waals surface area contributed by atoms with Gasteiger partial charge in [-0.1, -0.05) is 12.8 Å². The molecule has 33 heavy (non-hydrogen) atoms. The Kier molecular flexibility index (Phi) is 5.27. The highest BCUT2D eigenvalue weighted by Crippen LogP contribution is 2.35. The maximum absolute atomic E-state index is 13.0. The zero-order valence-electron chi connectivity index (χ0n) is 18.7. The molecule has 3 aliphatic rings. The first-order valence-electron chi connectivity index (χ1n) is 12.1. The Bertz CT molecular complexity index is 1130. The number of carbonyl (C=O) groups excluding carboxylic acids is 1. The number of hydrogen-bond donors (Lipinski definition) is 3. The Morgan fingerprint density at radius 1 is 1.09 bits per heavy atom. The SMILES string of the molecule is O=C(Cc1ncn[nH]1)C1CCCN1c1nc2c(c(Nc3cc(C4CCCC4)[nH]n3)n1)CCC2. The van der Waals surface area contributed by atoms with Crippen molar-refractivity contribution in [2.45, 2.75) is 76.2 Å². The molecule has 4 heterocycles. The fourth-order valence-electron chi connectivity index (χ4n) is 5.56. The molecule has 2 aliphatic carbocycles. The Morgan fingerprint density at radius 2 is 2.00 bits per heavy atom. The number of fused-ring (bicyclic) bond motifs is 1. The van der Waals surface area contributed by atoms with Crippen molar-refractivity contribution in [1.82, 2.24) is 35.3 Å². The van der Waals surface area contributed by atoms with Crippen molar-refractivity contribution in [2.75, 3.05) is 16.8 Å². The number of Topliss-reactive ketones (excluding diaryl/α,β-unsaturated/α-hetero) is 1. The first kappa shape index (κ1) is 20.3. The molecule has 1 saturated heterocycles. The molecule has 0 aromatic carbocycles. The van der Waals surface area contributed by atoms with Crippen LogP contribution in [0.2, 0.25) is 0 Å². The number of aromatic nitrogens is 7. The van der Waals surface area contributed by atoms with Crippen LogP contribution in [0.15, 0.2) is 12.4 Å². The van der Waals surface area contributed by atoms with Crippen LogP contribution in [0.3, 0.4) is 0 Å². The highest BCUT2D eigenvalue weighted by molar-refractivity contribution is 5.88. The molecule has 10 heteroatoms. The molecule has 0 amide bonds. The highest BCUT2D eigenvalue weighted by atomic mass is 16.1. The van der Waals surface area contributed by atoms with Crippen LogP contribution in [0.25, 0.3) is 0 Å². The molecule has 3 aromatic heterocycles. The van der Waals surface area contributed by atoms with Crippen molar-refractivity contribution in [3.63, 3.8) is 0 Å². The predicted octanol–water partition coefficient (Wildman–Crippen LogP) is 2.99. The van der Waals surface area contributed by atoms with Crippen molar-refractivity contribution >= 4 is 23.4 Å². The molecule has 1 unspecified atom stereocenters. The van der Waals surface area contributed by atoms with Crippen molar-refractivity contribution in [2.24, 2.45) is 0 Å². The van der Waals surface area contributed by atoms with Crippen molar-refractivity contribution in [3.05, 3.63) is 35.2 Å². The number of nitrogens with one attached hydrogen (secondary N) is 3. The normalized spacial score (nSPS) is 20.5. The smallest absolute Gasteiger partial charge is 0.228 e. The van der Waals surface area contributed by atoms with E-state index in [4.69, 9.17) is 9.97 Å². The van der Waals surface area contributed by atoms with E-state index in [0.717, 1.165) is 56.0 Å². The lowest BCUT2D eigenvalue weighted by Crippen LogP contribution is -2.38. The maximum Gasteiger partial charge on any atom is 0.228 e. The van der Waals surface area contributed by atoms with Crippen LogP contribution in [0.5, 0.6) is 0 Å². The minimum Gasteiger partial charge on any atom is -0.331 e. The molecule has 0 radical (unpaired) electrons. The molecule has 3 N–H and O–H groups in total. The van der Waals surface area contributed by atoms with Crippen LogP contribution < -0.4 is 10.2 Å². The summed E-state index contributed by atoms with van der Waals surface area (Å²) in [5, 5.41) is 17.8. The number of H-pyrrole nitrogens is 2. The maximum atomic E-state index is 13.0. The fourth-order valence-corrected chi connectivity index (χ4v) is 5.56. The molecule has 3 aromatic rings. The first-order valence-corrected chi connectivity index (χ1v) is 12.1. The van der Waals surface area contributed by atoms with E-state index in [1.54, 1.807) is 0 Å². The van der Waals surface area contributed by atoms with Gasteiger partial charge in [-0.05, 0) is 44.9 Å². The molecule has 10 nitrogen and oxygen atoms in total. The monoisotopic (exact) mass is 447 g/mol. The van der Waals surface area contributed by atoms with Gasteiger partial charge < -0.3 is 10.2 Å². The van der Waals surface area contributed by atoms with E-state index < -0.39 is 0 Å². The Labute approximate surface area is 192 Å². The Morgan fingerprint density at radius 3 is 2.85 bits per heavy atom. The average Bonchev–Trinajstić information content (AvgIpc) is 3.64. The van der Waals surface area contributed by atoms with Gasteiger partial charge in [-0.15, -0.1) is 0 Å². The third kappa shape index (κ3) is 3.98. The molecular weight excluding hydrogens is 418 g/mol. The molecule has 0 bridgehead atoms. The number of anilines is 3. The summed E-state index contributed by atoms with van der Waals surface area (Å²) < 4.78 is 0. The Balaban J connectivity index is 1.25. The summed E-state index contributed by atoms with van der Waals surface area (Å²) in [6.07, 6.45) is 11.5. The third-order valence-electron chi connectivity index (χ3n) is 7.25. The van der Waals surface area contributed by atoms with Gasteiger partial charge in [-0.2, -0.15) is 15.2 Å². The topological polar surface area (TPSA) is 128 Å².